The summed E-state index contributed by atoms with van der Waals surface area (Å²) < 4.78 is 2.20. The van der Waals surface area contributed by atoms with Gasteiger partial charge in [-0.15, -0.1) is 0 Å². The lowest BCUT2D eigenvalue weighted by molar-refractivity contribution is 0.316. The van der Waals surface area contributed by atoms with Crippen LogP contribution in [-0.2, 0) is 0 Å². The van der Waals surface area contributed by atoms with E-state index in [1.807, 2.05) is 12.1 Å². The van der Waals surface area contributed by atoms with Gasteiger partial charge in [0.15, 0.2) is 0 Å². The van der Waals surface area contributed by atoms with E-state index < -0.39 is 0 Å². The normalized spacial score (nSPS) is 10.8. The van der Waals surface area contributed by atoms with E-state index >= 15 is 0 Å². The number of nitrogens with zero attached hydrogens (tertiary/aromatic N) is 1. The topological polar surface area (TPSA) is 15.3 Å². The van der Waals surface area contributed by atoms with Crippen molar-refractivity contribution in [3.05, 3.63) is 27.1 Å². The van der Waals surface area contributed by atoms with Gasteiger partial charge in [0, 0.05) is 27.7 Å². The average Bonchev–Trinajstić information content (AvgIpc) is 2.29. The Hall–Kier alpha value is -0.0600. The smallest absolute Gasteiger partial charge is 0.0496 e. The fourth-order valence-electron chi connectivity index (χ4n) is 1.52. The summed E-state index contributed by atoms with van der Waals surface area (Å²) in [5.41, 5.74) is 1.14. The third-order valence-electron chi connectivity index (χ3n) is 2.57. The molecule has 0 heterocycles. The van der Waals surface area contributed by atoms with Gasteiger partial charge < -0.3 is 10.2 Å². The first kappa shape index (κ1) is 14.0. The van der Waals surface area contributed by atoms with Crippen molar-refractivity contribution in [1.29, 1.82) is 0 Å². The van der Waals surface area contributed by atoms with Gasteiger partial charge in [-0.05, 0) is 47.2 Å². The van der Waals surface area contributed by atoms with Crippen LogP contribution < -0.4 is 5.32 Å². The Morgan fingerprint density at radius 3 is 2.50 bits per heavy atom. The second-order valence-corrected chi connectivity index (χ2v) is 5.35. The first-order valence-corrected chi connectivity index (χ1v) is 7.17. The highest BCUT2D eigenvalue weighted by Crippen LogP contribution is 2.25. The van der Waals surface area contributed by atoms with Crippen molar-refractivity contribution >= 4 is 37.5 Å². The SMILES string of the molecule is CCN(CC)CCNc1cc(Br)ccc1Br. The molecule has 1 aromatic rings. The van der Waals surface area contributed by atoms with Crippen LogP contribution >= 0.6 is 31.9 Å². The predicted octanol–water partition coefficient (Wildman–Crippen LogP) is 3.97. The summed E-state index contributed by atoms with van der Waals surface area (Å²) in [6.07, 6.45) is 0. The lowest BCUT2D eigenvalue weighted by Gasteiger charge is -2.18. The Labute approximate surface area is 115 Å². The predicted molar refractivity (Wildman–Crippen MR) is 78.1 cm³/mol. The molecule has 1 aromatic carbocycles. The summed E-state index contributed by atoms with van der Waals surface area (Å²) in [6.45, 7) is 8.65. The van der Waals surface area contributed by atoms with E-state index in [-0.39, 0.29) is 0 Å². The Bertz CT molecular complexity index is 325. The molecule has 0 atom stereocenters. The monoisotopic (exact) mass is 348 g/mol. The molecule has 4 heteroatoms. The van der Waals surface area contributed by atoms with Crippen molar-refractivity contribution in [2.24, 2.45) is 0 Å². The molecule has 0 spiro atoms. The van der Waals surface area contributed by atoms with Gasteiger partial charge in [-0.3, -0.25) is 0 Å². The van der Waals surface area contributed by atoms with Gasteiger partial charge in [-0.25, -0.2) is 0 Å². The molecule has 0 fully saturated rings. The number of likely N-dealkylation sites (N-methyl/N-ethyl adjacent to an activating group) is 1. The molecule has 16 heavy (non-hydrogen) atoms. The van der Waals surface area contributed by atoms with Crippen LogP contribution in [0, 0.1) is 0 Å². The number of nitrogens with one attached hydrogen (secondary N) is 1. The fraction of sp³-hybridized carbons (Fsp3) is 0.500. The number of hydrogen-bond donors (Lipinski definition) is 1. The summed E-state index contributed by atoms with van der Waals surface area (Å²) >= 11 is 7.01. The van der Waals surface area contributed by atoms with E-state index in [1.54, 1.807) is 0 Å². The van der Waals surface area contributed by atoms with Crippen molar-refractivity contribution in [2.45, 2.75) is 13.8 Å². The molecular formula is C12H18Br2N2. The van der Waals surface area contributed by atoms with Crippen LogP contribution in [0.2, 0.25) is 0 Å². The Morgan fingerprint density at radius 1 is 1.19 bits per heavy atom. The van der Waals surface area contributed by atoms with Crippen molar-refractivity contribution in [1.82, 2.24) is 4.90 Å². The first-order valence-electron chi connectivity index (χ1n) is 5.58. The highest BCUT2D eigenvalue weighted by Gasteiger charge is 2.01. The third-order valence-corrected chi connectivity index (χ3v) is 3.75. The molecule has 2 nitrogen and oxygen atoms in total. The molecule has 0 aliphatic heterocycles. The largest absolute Gasteiger partial charge is 0.383 e. The van der Waals surface area contributed by atoms with Gasteiger partial charge in [0.25, 0.3) is 0 Å². The second-order valence-electron chi connectivity index (χ2n) is 3.58. The van der Waals surface area contributed by atoms with Crippen LogP contribution in [0.15, 0.2) is 27.1 Å². The van der Waals surface area contributed by atoms with Crippen molar-refractivity contribution < 1.29 is 0 Å². The summed E-state index contributed by atoms with van der Waals surface area (Å²) in [6, 6.07) is 6.16. The first-order chi connectivity index (χ1) is 7.67. The highest BCUT2D eigenvalue weighted by molar-refractivity contribution is 9.11. The maximum atomic E-state index is 3.53. The molecule has 1 N–H and O–H groups in total. The maximum Gasteiger partial charge on any atom is 0.0496 e. The maximum absolute atomic E-state index is 3.53. The van der Waals surface area contributed by atoms with Crippen LogP contribution in [-0.4, -0.2) is 31.1 Å². The summed E-state index contributed by atoms with van der Waals surface area (Å²) in [5, 5.41) is 3.43. The molecular weight excluding hydrogens is 332 g/mol. The van der Waals surface area contributed by atoms with Crippen molar-refractivity contribution in [2.75, 3.05) is 31.5 Å². The molecule has 0 bridgehead atoms. The number of rotatable bonds is 6. The second kappa shape index (κ2) is 7.30. The minimum atomic E-state index is 0.969. The molecule has 0 radical (unpaired) electrons. The minimum Gasteiger partial charge on any atom is -0.383 e. The van der Waals surface area contributed by atoms with Crippen molar-refractivity contribution in [3.8, 4) is 0 Å². The van der Waals surface area contributed by atoms with Crippen LogP contribution in [0.25, 0.3) is 0 Å². The molecule has 0 aromatic heterocycles. The molecule has 0 aliphatic rings. The number of halogens is 2. The summed E-state index contributed by atoms with van der Waals surface area (Å²) in [7, 11) is 0. The van der Waals surface area contributed by atoms with Gasteiger partial charge in [0.1, 0.15) is 0 Å². The van der Waals surface area contributed by atoms with Crippen LogP contribution in [0.3, 0.4) is 0 Å². The molecule has 0 aliphatic carbocycles. The van der Waals surface area contributed by atoms with Crippen LogP contribution in [0.4, 0.5) is 5.69 Å². The Balaban J connectivity index is 2.45. The molecule has 0 saturated carbocycles. The third kappa shape index (κ3) is 4.44. The lowest BCUT2D eigenvalue weighted by Crippen LogP contribution is -2.28. The number of anilines is 1. The molecule has 1 rings (SSSR count). The van der Waals surface area contributed by atoms with Gasteiger partial charge in [0.2, 0.25) is 0 Å². The van der Waals surface area contributed by atoms with Crippen molar-refractivity contribution in [3.63, 3.8) is 0 Å². The zero-order valence-corrected chi connectivity index (χ0v) is 12.9. The van der Waals surface area contributed by atoms with E-state index in [0.29, 0.717) is 0 Å². The van der Waals surface area contributed by atoms with E-state index in [0.717, 1.165) is 40.8 Å². The fourth-order valence-corrected chi connectivity index (χ4v) is 2.27. The minimum absolute atomic E-state index is 0.969. The van der Waals surface area contributed by atoms with Crippen LogP contribution in [0.1, 0.15) is 13.8 Å². The van der Waals surface area contributed by atoms with E-state index in [9.17, 15) is 0 Å². The van der Waals surface area contributed by atoms with Gasteiger partial charge in [-0.1, -0.05) is 29.8 Å². The molecule has 0 amide bonds. The van der Waals surface area contributed by atoms with Crippen LogP contribution in [0.5, 0.6) is 0 Å². The average molecular weight is 350 g/mol. The van der Waals surface area contributed by atoms with E-state index in [2.05, 4.69) is 62.0 Å². The van der Waals surface area contributed by atoms with E-state index in [1.165, 1.54) is 0 Å². The Kier molecular flexibility index (Phi) is 6.39. The lowest BCUT2D eigenvalue weighted by atomic mass is 10.3. The van der Waals surface area contributed by atoms with Gasteiger partial charge in [-0.2, -0.15) is 0 Å². The Morgan fingerprint density at radius 2 is 1.88 bits per heavy atom. The summed E-state index contributed by atoms with van der Waals surface area (Å²) in [5.74, 6) is 0. The van der Waals surface area contributed by atoms with E-state index in [4.69, 9.17) is 0 Å². The van der Waals surface area contributed by atoms with Gasteiger partial charge in [0.05, 0.1) is 0 Å². The molecule has 0 saturated heterocycles. The number of hydrogen-bond acceptors (Lipinski definition) is 2. The highest BCUT2D eigenvalue weighted by atomic mass is 79.9. The zero-order valence-electron chi connectivity index (χ0n) is 9.76. The standard InChI is InChI=1S/C12H18Br2N2/c1-3-16(4-2)8-7-15-12-9-10(13)5-6-11(12)14/h5-6,9,15H,3-4,7-8H2,1-2H3. The quantitative estimate of drug-likeness (QED) is 0.836. The van der Waals surface area contributed by atoms with Gasteiger partial charge >= 0.3 is 0 Å². The number of benzene rings is 1. The molecule has 90 valence electrons. The molecule has 0 unspecified atom stereocenters. The zero-order chi connectivity index (χ0) is 12.0. The summed E-state index contributed by atoms with van der Waals surface area (Å²) in [4.78, 5) is 2.40.